The van der Waals surface area contributed by atoms with Gasteiger partial charge in [0.2, 0.25) is 5.76 Å². The molecule has 1 fully saturated rings. The molecule has 0 spiro atoms. The van der Waals surface area contributed by atoms with Crippen LogP contribution in [0.3, 0.4) is 0 Å². The highest BCUT2D eigenvalue weighted by Gasteiger charge is 2.24. The zero-order valence-corrected chi connectivity index (χ0v) is 19.6. The zero-order chi connectivity index (χ0) is 24.1. The van der Waals surface area contributed by atoms with Gasteiger partial charge in [-0.25, -0.2) is 9.79 Å². The summed E-state index contributed by atoms with van der Waals surface area (Å²) in [6.45, 7) is 2.09. The number of aliphatic imine (C=N–C) groups is 1. The Morgan fingerprint density at radius 2 is 1.97 bits per heavy atom. The van der Waals surface area contributed by atoms with E-state index in [-0.39, 0.29) is 18.3 Å². The molecule has 1 N–H and O–H groups in total. The number of nitrogens with one attached hydrogen (secondary N) is 1. The predicted molar refractivity (Wildman–Crippen MR) is 129 cm³/mol. The maximum atomic E-state index is 12.4. The van der Waals surface area contributed by atoms with Crippen LogP contribution in [-0.2, 0) is 16.1 Å². The number of thioether (sulfide) groups is 1. The first kappa shape index (κ1) is 23.2. The monoisotopic (exact) mass is 478 g/mol. The molecule has 1 saturated heterocycles. The van der Waals surface area contributed by atoms with Crippen LogP contribution in [0.15, 0.2) is 68.9 Å². The molecular formula is C25H22N2O6S. The fraction of sp³-hybridized carbons (Fsp3) is 0.160. The minimum atomic E-state index is -0.554. The van der Waals surface area contributed by atoms with Crippen LogP contribution in [0.25, 0.3) is 6.08 Å². The van der Waals surface area contributed by atoms with Crippen LogP contribution in [-0.4, -0.2) is 31.3 Å². The van der Waals surface area contributed by atoms with E-state index in [0.717, 1.165) is 16.8 Å². The molecule has 9 heteroatoms. The van der Waals surface area contributed by atoms with Gasteiger partial charge in [-0.05, 0) is 72.3 Å². The third kappa shape index (κ3) is 5.49. The smallest absolute Gasteiger partial charge is 0.373 e. The Kier molecular flexibility index (Phi) is 7.03. The van der Waals surface area contributed by atoms with Gasteiger partial charge in [-0.3, -0.25) is 4.79 Å². The van der Waals surface area contributed by atoms with E-state index in [9.17, 15) is 9.59 Å². The predicted octanol–water partition coefficient (Wildman–Crippen LogP) is 4.85. The fourth-order valence-corrected chi connectivity index (χ4v) is 4.00. The van der Waals surface area contributed by atoms with E-state index in [0.29, 0.717) is 27.3 Å². The van der Waals surface area contributed by atoms with Crippen molar-refractivity contribution in [3.63, 3.8) is 0 Å². The van der Waals surface area contributed by atoms with Gasteiger partial charge in [0.05, 0.1) is 24.8 Å². The summed E-state index contributed by atoms with van der Waals surface area (Å²) in [5.41, 5.74) is 2.64. The highest BCUT2D eigenvalue weighted by molar-refractivity contribution is 8.18. The number of aryl methyl sites for hydroxylation is 1. The molecule has 2 heterocycles. The van der Waals surface area contributed by atoms with Gasteiger partial charge in [0.25, 0.3) is 5.91 Å². The number of amides is 1. The van der Waals surface area contributed by atoms with E-state index in [2.05, 4.69) is 15.0 Å². The van der Waals surface area contributed by atoms with E-state index in [1.54, 1.807) is 24.3 Å². The van der Waals surface area contributed by atoms with Crippen LogP contribution in [0.1, 0.15) is 27.4 Å². The van der Waals surface area contributed by atoms with Crippen molar-refractivity contribution in [2.75, 3.05) is 14.2 Å². The van der Waals surface area contributed by atoms with Crippen LogP contribution in [0.5, 0.6) is 11.5 Å². The Morgan fingerprint density at radius 1 is 1.12 bits per heavy atom. The van der Waals surface area contributed by atoms with Crippen LogP contribution in [0.2, 0.25) is 0 Å². The number of rotatable bonds is 7. The Labute approximate surface area is 200 Å². The van der Waals surface area contributed by atoms with Gasteiger partial charge in [0.15, 0.2) is 16.7 Å². The Hall–Kier alpha value is -3.98. The Morgan fingerprint density at radius 3 is 2.74 bits per heavy atom. The minimum absolute atomic E-state index is 0.102. The van der Waals surface area contributed by atoms with Crippen LogP contribution >= 0.6 is 11.8 Å². The molecule has 8 nitrogen and oxygen atoms in total. The lowest BCUT2D eigenvalue weighted by Crippen LogP contribution is -2.19. The van der Waals surface area contributed by atoms with Crippen LogP contribution in [0, 0.1) is 6.92 Å². The quantitative estimate of drug-likeness (QED) is 0.383. The number of carbonyl (C=O) groups excluding carboxylic acids is 2. The first-order chi connectivity index (χ1) is 16.4. The summed E-state index contributed by atoms with van der Waals surface area (Å²) in [5, 5.41) is 3.32. The van der Waals surface area contributed by atoms with E-state index in [1.165, 1.54) is 32.0 Å². The molecule has 1 aromatic heterocycles. The lowest BCUT2D eigenvalue weighted by Gasteiger charge is -2.10. The normalized spacial score (nSPS) is 15.4. The standard InChI is InChI=1S/C25H22N2O6S/c1-15-5-4-6-17(11-15)26-25-27-23(28)22(34-25)13-16-7-9-19(21(12-16)30-2)32-14-18-8-10-20(33-18)24(29)31-3/h4-13H,14H2,1-3H3,(H,26,27,28). The molecule has 0 atom stereocenters. The minimum Gasteiger partial charge on any atom is -0.493 e. The van der Waals surface area contributed by atoms with Gasteiger partial charge in [0.1, 0.15) is 12.4 Å². The van der Waals surface area contributed by atoms with Gasteiger partial charge >= 0.3 is 5.97 Å². The maximum Gasteiger partial charge on any atom is 0.373 e. The average molecular weight is 479 g/mol. The SMILES string of the molecule is COC(=O)c1ccc(COc2ccc(C=C3SC(=Nc4cccc(C)c4)NC3=O)cc2OC)o1. The topological polar surface area (TPSA) is 99.4 Å². The molecule has 1 aliphatic heterocycles. The summed E-state index contributed by atoms with van der Waals surface area (Å²) in [7, 11) is 2.82. The molecule has 0 aliphatic carbocycles. The van der Waals surface area contributed by atoms with Gasteiger partial charge < -0.3 is 23.9 Å². The van der Waals surface area contributed by atoms with E-state index in [1.807, 2.05) is 37.3 Å². The van der Waals surface area contributed by atoms with Crippen molar-refractivity contribution in [1.29, 1.82) is 0 Å². The van der Waals surface area contributed by atoms with Crippen molar-refractivity contribution in [2.45, 2.75) is 13.5 Å². The Bertz CT molecular complexity index is 1290. The number of hydrogen-bond acceptors (Lipinski definition) is 8. The van der Waals surface area contributed by atoms with Gasteiger partial charge in [-0.2, -0.15) is 0 Å². The molecule has 34 heavy (non-hydrogen) atoms. The number of ether oxygens (including phenoxy) is 3. The molecule has 0 bridgehead atoms. The first-order valence-electron chi connectivity index (χ1n) is 10.3. The number of benzene rings is 2. The molecule has 0 saturated carbocycles. The molecule has 1 amide bonds. The number of methoxy groups -OCH3 is 2. The molecule has 2 aromatic carbocycles. The van der Waals surface area contributed by atoms with E-state index in [4.69, 9.17) is 13.9 Å². The lowest BCUT2D eigenvalue weighted by molar-refractivity contribution is -0.115. The number of nitrogens with zero attached hydrogens (tertiary/aromatic N) is 1. The second-order valence-electron chi connectivity index (χ2n) is 7.28. The van der Waals surface area contributed by atoms with Gasteiger partial charge in [-0.1, -0.05) is 18.2 Å². The molecule has 0 unspecified atom stereocenters. The second kappa shape index (κ2) is 10.3. The molecular weight excluding hydrogens is 456 g/mol. The number of amidine groups is 1. The molecule has 3 aromatic rings. The summed E-state index contributed by atoms with van der Waals surface area (Å²) >= 11 is 1.27. The lowest BCUT2D eigenvalue weighted by atomic mass is 10.2. The van der Waals surface area contributed by atoms with Crippen LogP contribution < -0.4 is 14.8 Å². The van der Waals surface area contributed by atoms with Crippen molar-refractivity contribution in [3.05, 3.63) is 82.1 Å². The van der Waals surface area contributed by atoms with Crippen molar-refractivity contribution in [2.24, 2.45) is 4.99 Å². The van der Waals surface area contributed by atoms with Gasteiger partial charge in [0, 0.05) is 0 Å². The fourth-order valence-electron chi connectivity index (χ4n) is 3.15. The van der Waals surface area contributed by atoms with Crippen LogP contribution in [0.4, 0.5) is 5.69 Å². The number of carbonyl (C=O) groups is 2. The average Bonchev–Trinajstić information content (AvgIpc) is 3.44. The highest BCUT2D eigenvalue weighted by Crippen LogP contribution is 2.33. The van der Waals surface area contributed by atoms with Crippen molar-refractivity contribution in [3.8, 4) is 11.5 Å². The number of furan rings is 1. The first-order valence-corrected chi connectivity index (χ1v) is 11.1. The number of esters is 1. The summed E-state index contributed by atoms with van der Waals surface area (Å²) in [6.07, 6.45) is 1.76. The van der Waals surface area contributed by atoms with Gasteiger partial charge in [-0.15, -0.1) is 0 Å². The second-order valence-corrected chi connectivity index (χ2v) is 8.31. The molecule has 174 valence electrons. The summed E-state index contributed by atoms with van der Waals surface area (Å²) in [5.74, 6) is 0.787. The third-order valence-electron chi connectivity index (χ3n) is 4.79. The van der Waals surface area contributed by atoms with Crippen molar-refractivity contribution < 1.29 is 28.2 Å². The third-order valence-corrected chi connectivity index (χ3v) is 5.70. The maximum absolute atomic E-state index is 12.4. The van der Waals surface area contributed by atoms with Crippen molar-refractivity contribution >= 4 is 40.6 Å². The van der Waals surface area contributed by atoms with E-state index < -0.39 is 5.97 Å². The molecule has 0 radical (unpaired) electrons. The van der Waals surface area contributed by atoms with Crippen molar-refractivity contribution in [1.82, 2.24) is 5.32 Å². The summed E-state index contributed by atoms with van der Waals surface area (Å²) in [6, 6.07) is 16.2. The number of hydrogen-bond donors (Lipinski definition) is 1. The largest absolute Gasteiger partial charge is 0.493 e. The molecule has 1 aliphatic rings. The summed E-state index contributed by atoms with van der Waals surface area (Å²) < 4.78 is 21.3. The highest BCUT2D eigenvalue weighted by atomic mass is 32.2. The summed E-state index contributed by atoms with van der Waals surface area (Å²) in [4.78, 5) is 29.0. The van der Waals surface area contributed by atoms with E-state index >= 15 is 0 Å². The Balaban J connectivity index is 1.46. The molecule has 4 rings (SSSR count). The zero-order valence-electron chi connectivity index (χ0n) is 18.8.